The third kappa shape index (κ3) is 4.58. The third-order valence-corrected chi connectivity index (χ3v) is 12.1. The Kier molecular flexibility index (Phi) is 6.59. The maximum absolute atomic E-state index is 7.49. The van der Waals surface area contributed by atoms with Crippen molar-refractivity contribution in [3.63, 3.8) is 0 Å². The van der Waals surface area contributed by atoms with Crippen LogP contribution in [0.15, 0.2) is 146 Å². The molecule has 0 bridgehead atoms. The number of hydrogen-bond acceptors (Lipinski definition) is 5. The first-order chi connectivity index (χ1) is 24.2. The van der Waals surface area contributed by atoms with Gasteiger partial charge in [0.15, 0.2) is 17.5 Å². The number of fused-ring (bicyclic) bond motifs is 8. The summed E-state index contributed by atoms with van der Waals surface area (Å²) < 4.78 is 4.63. The lowest BCUT2D eigenvalue weighted by Gasteiger charge is -2.14. The highest BCUT2D eigenvalue weighted by molar-refractivity contribution is 7.27. The van der Waals surface area contributed by atoms with E-state index in [0.29, 0.717) is 22.5 Å². The van der Waals surface area contributed by atoms with Gasteiger partial charge in [-0.05, 0) is 46.2 Å². The van der Waals surface area contributed by atoms with E-state index >= 15 is 0 Å². The fraction of sp³-hybridized carbons (Fsp3) is 0. The van der Waals surface area contributed by atoms with Gasteiger partial charge in [-0.2, -0.15) is 0 Å². The smallest absolute Gasteiger partial charge is 0.166 e. The molecule has 0 aliphatic rings. The Labute approximate surface area is 294 Å². The Morgan fingerprint density at radius 3 is 1.82 bits per heavy atom. The molecule has 0 aliphatic carbocycles. The quantitative estimate of drug-likeness (QED) is 0.186. The van der Waals surface area contributed by atoms with E-state index in [4.69, 9.17) is 26.6 Å². The van der Waals surface area contributed by atoms with Crippen molar-refractivity contribution in [1.29, 1.82) is 0 Å². The second-order valence-corrected chi connectivity index (χ2v) is 14.6. The molecule has 49 heavy (non-hydrogen) atoms. The molecular weight excluding hydrogens is 658 g/mol. The Bertz CT molecular complexity index is 2910. The predicted molar refractivity (Wildman–Crippen MR) is 210 cm³/mol. The molecule has 0 unspecified atom stereocenters. The minimum atomic E-state index is 0.559. The lowest BCUT2D eigenvalue weighted by molar-refractivity contribution is 1.08. The number of benzene rings is 7. The second-order valence-electron chi connectivity index (χ2n) is 12.1. The molecule has 230 valence electrons. The maximum Gasteiger partial charge on any atom is 0.166 e. The standard InChI is InChI=1S/C43H24ClN3S2/c44-38-37(30-18-5-4-17-29(30)36-32-19-7-9-23-35(32)49-40(36)38)43-46-41(27-15-10-14-26(24-27)25-12-2-1-3-13-25)45-42(47-43)33-21-11-20-31-28-16-6-8-22-34(28)48-39(31)33/h1-24H. The van der Waals surface area contributed by atoms with E-state index in [0.717, 1.165) is 48.0 Å². The van der Waals surface area contributed by atoms with Gasteiger partial charge in [-0.15, -0.1) is 22.7 Å². The molecule has 0 spiro atoms. The number of nitrogens with zero attached hydrogens (tertiary/aromatic N) is 3. The van der Waals surface area contributed by atoms with Crippen molar-refractivity contribution in [3.05, 3.63) is 151 Å². The van der Waals surface area contributed by atoms with Gasteiger partial charge in [0, 0.05) is 52.3 Å². The van der Waals surface area contributed by atoms with Gasteiger partial charge in [-0.1, -0.05) is 133 Å². The monoisotopic (exact) mass is 681 g/mol. The summed E-state index contributed by atoms with van der Waals surface area (Å²) in [6.45, 7) is 0. The van der Waals surface area contributed by atoms with Gasteiger partial charge in [-0.3, -0.25) is 0 Å². The molecule has 10 rings (SSSR count). The lowest BCUT2D eigenvalue weighted by atomic mass is 9.98. The summed E-state index contributed by atoms with van der Waals surface area (Å²) in [4.78, 5) is 15.7. The summed E-state index contributed by atoms with van der Waals surface area (Å²) in [5.74, 6) is 1.79. The van der Waals surface area contributed by atoms with Crippen LogP contribution in [0.5, 0.6) is 0 Å². The second kappa shape index (κ2) is 11.3. The molecule has 10 aromatic rings. The molecule has 0 aliphatic heterocycles. The van der Waals surface area contributed by atoms with Crippen LogP contribution in [-0.2, 0) is 0 Å². The zero-order chi connectivity index (χ0) is 32.5. The maximum atomic E-state index is 7.49. The van der Waals surface area contributed by atoms with E-state index in [9.17, 15) is 0 Å². The van der Waals surface area contributed by atoms with Gasteiger partial charge < -0.3 is 0 Å². The van der Waals surface area contributed by atoms with Crippen molar-refractivity contribution in [2.24, 2.45) is 0 Å². The van der Waals surface area contributed by atoms with E-state index in [1.165, 1.54) is 30.9 Å². The first kappa shape index (κ1) is 28.5. The van der Waals surface area contributed by atoms with Crippen LogP contribution in [0.25, 0.3) is 96.4 Å². The molecule has 0 radical (unpaired) electrons. The average molecular weight is 682 g/mol. The number of thiophene rings is 2. The molecular formula is C43H24ClN3S2. The van der Waals surface area contributed by atoms with Crippen molar-refractivity contribution in [3.8, 4) is 45.3 Å². The van der Waals surface area contributed by atoms with E-state index in [2.05, 4.69) is 140 Å². The zero-order valence-corrected chi connectivity index (χ0v) is 28.3. The number of halogens is 1. The number of hydrogen-bond donors (Lipinski definition) is 0. The minimum Gasteiger partial charge on any atom is -0.208 e. The molecule has 0 atom stereocenters. The SMILES string of the molecule is Clc1c(-c2nc(-c3cccc(-c4ccccc4)c3)nc(-c3cccc4c3sc3ccccc34)n2)c2ccccc2c2c1sc1ccccc12. The summed E-state index contributed by atoms with van der Waals surface area (Å²) in [5.41, 5.74) is 4.95. The molecule has 7 aromatic carbocycles. The number of aromatic nitrogens is 3. The van der Waals surface area contributed by atoms with Gasteiger partial charge >= 0.3 is 0 Å². The summed E-state index contributed by atoms with van der Waals surface area (Å²) in [7, 11) is 0. The fourth-order valence-electron chi connectivity index (χ4n) is 6.97. The van der Waals surface area contributed by atoms with Crippen LogP contribution in [0, 0.1) is 0 Å². The third-order valence-electron chi connectivity index (χ3n) is 9.21. The van der Waals surface area contributed by atoms with Gasteiger partial charge in [0.05, 0.1) is 9.72 Å². The first-order valence-corrected chi connectivity index (χ1v) is 18.1. The molecule has 3 aromatic heterocycles. The normalized spacial score (nSPS) is 11.8. The van der Waals surface area contributed by atoms with Gasteiger partial charge in [-0.25, -0.2) is 15.0 Å². The van der Waals surface area contributed by atoms with Crippen LogP contribution in [0.3, 0.4) is 0 Å². The van der Waals surface area contributed by atoms with Crippen molar-refractivity contribution >= 4 is 85.4 Å². The summed E-state index contributed by atoms with van der Waals surface area (Å²) in [6, 6.07) is 50.8. The van der Waals surface area contributed by atoms with E-state index in [-0.39, 0.29) is 0 Å². The van der Waals surface area contributed by atoms with Gasteiger partial charge in [0.25, 0.3) is 0 Å². The van der Waals surface area contributed by atoms with Gasteiger partial charge in [0.2, 0.25) is 0 Å². The van der Waals surface area contributed by atoms with Crippen LogP contribution >= 0.6 is 34.3 Å². The van der Waals surface area contributed by atoms with Crippen LogP contribution < -0.4 is 0 Å². The Balaban J connectivity index is 1.29. The van der Waals surface area contributed by atoms with Crippen LogP contribution in [-0.4, -0.2) is 15.0 Å². The summed E-state index contributed by atoms with van der Waals surface area (Å²) in [6.07, 6.45) is 0. The van der Waals surface area contributed by atoms with Crippen molar-refractivity contribution < 1.29 is 0 Å². The fourth-order valence-corrected chi connectivity index (χ4v) is 9.73. The summed E-state index contributed by atoms with van der Waals surface area (Å²) in [5, 5.41) is 7.63. The Morgan fingerprint density at radius 2 is 0.980 bits per heavy atom. The topological polar surface area (TPSA) is 38.7 Å². The number of rotatable bonds is 4. The molecule has 3 heterocycles. The average Bonchev–Trinajstić information content (AvgIpc) is 3.75. The van der Waals surface area contributed by atoms with Crippen LogP contribution in [0.1, 0.15) is 0 Å². The minimum absolute atomic E-state index is 0.559. The molecule has 0 saturated carbocycles. The Hall–Kier alpha value is -5.46. The molecule has 0 amide bonds. The largest absolute Gasteiger partial charge is 0.208 e. The highest BCUT2D eigenvalue weighted by Crippen LogP contribution is 2.48. The highest BCUT2D eigenvalue weighted by Gasteiger charge is 2.23. The molecule has 6 heteroatoms. The zero-order valence-electron chi connectivity index (χ0n) is 25.9. The summed E-state index contributed by atoms with van der Waals surface area (Å²) >= 11 is 11.0. The van der Waals surface area contributed by atoms with Crippen molar-refractivity contribution in [2.45, 2.75) is 0 Å². The van der Waals surface area contributed by atoms with Crippen molar-refractivity contribution in [1.82, 2.24) is 15.0 Å². The van der Waals surface area contributed by atoms with Crippen LogP contribution in [0.4, 0.5) is 0 Å². The predicted octanol–water partition coefficient (Wildman–Crippen LogP) is 13.1. The van der Waals surface area contributed by atoms with E-state index < -0.39 is 0 Å². The Morgan fingerprint density at radius 1 is 0.408 bits per heavy atom. The molecule has 0 fully saturated rings. The molecule has 3 nitrogen and oxygen atoms in total. The van der Waals surface area contributed by atoms with Crippen LogP contribution in [0.2, 0.25) is 5.02 Å². The highest BCUT2D eigenvalue weighted by atomic mass is 35.5. The molecule has 0 saturated heterocycles. The lowest BCUT2D eigenvalue weighted by Crippen LogP contribution is -2.01. The molecule has 0 N–H and O–H groups in total. The van der Waals surface area contributed by atoms with E-state index in [1.54, 1.807) is 22.7 Å². The first-order valence-electron chi connectivity index (χ1n) is 16.1. The van der Waals surface area contributed by atoms with Gasteiger partial charge in [0.1, 0.15) is 0 Å². The van der Waals surface area contributed by atoms with E-state index in [1.807, 2.05) is 6.07 Å². The van der Waals surface area contributed by atoms with Crippen molar-refractivity contribution in [2.75, 3.05) is 0 Å².